The average Bonchev–Trinajstić information content (AvgIpc) is 3.22. The standard InChI is InChI=1S/C23H30N2O5S/c1-16(2)13-24(20-10-11-31(28,29)15-20)22(26)14-30-23(27)21-12-17(3)25(18(21)4)19-8-6-5-7-9-19/h5-9,12,16,20H,10-11,13-15H2,1-4H3. The maximum absolute atomic E-state index is 12.8. The van der Waals surface area contributed by atoms with Gasteiger partial charge >= 0.3 is 5.97 Å². The van der Waals surface area contributed by atoms with E-state index >= 15 is 0 Å². The Kier molecular flexibility index (Phi) is 6.89. The fourth-order valence-corrected chi connectivity index (χ4v) is 5.83. The van der Waals surface area contributed by atoms with E-state index in [1.807, 2.05) is 62.6 Å². The molecule has 1 unspecified atom stereocenters. The number of amides is 1. The first-order valence-corrected chi connectivity index (χ1v) is 12.3. The highest BCUT2D eigenvalue weighted by Crippen LogP contribution is 2.22. The average molecular weight is 447 g/mol. The zero-order valence-electron chi connectivity index (χ0n) is 18.5. The van der Waals surface area contributed by atoms with Crippen LogP contribution in [-0.4, -0.2) is 60.5 Å². The number of ether oxygens (including phenoxy) is 1. The molecule has 0 bridgehead atoms. The predicted octanol–water partition coefficient (Wildman–Crippen LogP) is 2.92. The third-order valence-electron chi connectivity index (χ3n) is 5.52. The van der Waals surface area contributed by atoms with E-state index in [0.29, 0.717) is 18.5 Å². The molecule has 8 heteroatoms. The topological polar surface area (TPSA) is 85.7 Å². The number of carbonyl (C=O) groups excluding carboxylic acids is 2. The summed E-state index contributed by atoms with van der Waals surface area (Å²) in [6.45, 7) is 7.71. The summed E-state index contributed by atoms with van der Waals surface area (Å²) in [5.74, 6) is -0.691. The molecule has 1 fully saturated rings. The van der Waals surface area contributed by atoms with Crippen molar-refractivity contribution in [3.63, 3.8) is 0 Å². The highest BCUT2D eigenvalue weighted by Gasteiger charge is 2.35. The number of benzene rings is 1. The van der Waals surface area contributed by atoms with Gasteiger partial charge in [0.2, 0.25) is 0 Å². The number of hydrogen-bond donors (Lipinski definition) is 0. The SMILES string of the molecule is Cc1cc(C(=O)OCC(=O)N(CC(C)C)C2CCS(=O)(=O)C2)c(C)n1-c1ccccc1. The summed E-state index contributed by atoms with van der Waals surface area (Å²) in [6.07, 6.45) is 0.424. The Morgan fingerprint density at radius 1 is 1.19 bits per heavy atom. The molecule has 0 N–H and O–H groups in total. The van der Waals surface area contributed by atoms with Gasteiger partial charge in [-0.15, -0.1) is 0 Å². The van der Waals surface area contributed by atoms with Crippen molar-refractivity contribution in [3.8, 4) is 5.69 Å². The molecular weight excluding hydrogens is 416 g/mol. The zero-order valence-corrected chi connectivity index (χ0v) is 19.3. The maximum atomic E-state index is 12.8. The lowest BCUT2D eigenvalue weighted by Gasteiger charge is -2.29. The van der Waals surface area contributed by atoms with Crippen LogP contribution in [0, 0.1) is 19.8 Å². The van der Waals surface area contributed by atoms with Gasteiger partial charge in [-0.1, -0.05) is 32.0 Å². The van der Waals surface area contributed by atoms with E-state index in [2.05, 4.69) is 0 Å². The van der Waals surface area contributed by atoms with Crippen molar-refractivity contribution in [2.75, 3.05) is 24.7 Å². The molecule has 31 heavy (non-hydrogen) atoms. The van der Waals surface area contributed by atoms with Crippen LogP contribution in [-0.2, 0) is 19.4 Å². The molecule has 1 aromatic carbocycles. The third kappa shape index (κ3) is 5.36. The number of hydrogen-bond acceptors (Lipinski definition) is 5. The van der Waals surface area contributed by atoms with Crippen molar-refractivity contribution in [2.24, 2.45) is 5.92 Å². The minimum Gasteiger partial charge on any atom is -0.452 e. The number of sulfone groups is 1. The first kappa shape index (κ1) is 23.1. The monoisotopic (exact) mass is 446 g/mol. The second kappa shape index (κ2) is 9.26. The lowest BCUT2D eigenvalue weighted by atomic mass is 10.1. The van der Waals surface area contributed by atoms with Crippen molar-refractivity contribution in [1.82, 2.24) is 9.47 Å². The van der Waals surface area contributed by atoms with Crippen LogP contribution in [0.15, 0.2) is 36.4 Å². The molecule has 0 spiro atoms. The van der Waals surface area contributed by atoms with E-state index in [1.165, 1.54) is 0 Å². The number of para-hydroxylation sites is 1. The van der Waals surface area contributed by atoms with E-state index < -0.39 is 22.4 Å². The number of aryl methyl sites for hydroxylation is 1. The van der Waals surface area contributed by atoms with Crippen LogP contribution < -0.4 is 0 Å². The summed E-state index contributed by atoms with van der Waals surface area (Å²) in [5, 5.41) is 0. The summed E-state index contributed by atoms with van der Waals surface area (Å²) in [4.78, 5) is 27.1. The van der Waals surface area contributed by atoms with E-state index in [1.54, 1.807) is 11.0 Å². The third-order valence-corrected chi connectivity index (χ3v) is 7.27. The Morgan fingerprint density at radius 2 is 1.87 bits per heavy atom. The Balaban J connectivity index is 1.71. The van der Waals surface area contributed by atoms with Gasteiger partial charge in [-0.2, -0.15) is 0 Å². The van der Waals surface area contributed by atoms with Gasteiger partial charge in [-0.05, 0) is 44.4 Å². The Bertz CT molecular complexity index is 1060. The van der Waals surface area contributed by atoms with Crippen LogP contribution in [0.1, 0.15) is 42.0 Å². The van der Waals surface area contributed by atoms with Crippen LogP contribution in [0.5, 0.6) is 0 Å². The van der Waals surface area contributed by atoms with Gasteiger partial charge in [0, 0.05) is 29.7 Å². The highest BCUT2D eigenvalue weighted by atomic mass is 32.2. The Labute approximate surface area is 183 Å². The number of carbonyl (C=O) groups is 2. The normalized spacial score (nSPS) is 17.6. The molecule has 0 radical (unpaired) electrons. The number of rotatable bonds is 7. The molecule has 0 aliphatic carbocycles. The van der Waals surface area contributed by atoms with E-state index in [0.717, 1.165) is 17.1 Å². The largest absolute Gasteiger partial charge is 0.452 e. The first-order chi connectivity index (χ1) is 14.6. The van der Waals surface area contributed by atoms with Gasteiger partial charge in [-0.3, -0.25) is 4.79 Å². The molecule has 3 rings (SSSR count). The van der Waals surface area contributed by atoms with Crippen LogP contribution in [0.25, 0.3) is 5.69 Å². The molecular formula is C23H30N2O5S. The summed E-state index contributed by atoms with van der Waals surface area (Å²) < 4.78 is 31.1. The fourth-order valence-electron chi connectivity index (χ4n) is 4.10. The lowest BCUT2D eigenvalue weighted by Crippen LogP contribution is -2.45. The number of aromatic nitrogens is 1. The van der Waals surface area contributed by atoms with E-state index in [9.17, 15) is 18.0 Å². The highest BCUT2D eigenvalue weighted by molar-refractivity contribution is 7.91. The summed E-state index contributed by atoms with van der Waals surface area (Å²) in [7, 11) is -3.12. The van der Waals surface area contributed by atoms with Crippen molar-refractivity contribution < 1.29 is 22.7 Å². The van der Waals surface area contributed by atoms with Crippen LogP contribution in [0.3, 0.4) is 0 Å². The van der Waals surface area contributed by atoms with E-state index in [4.69, 9.17) is 4.74 Å². The predicted molar refractivity (Wildman–Crippen MR) is 119 cm³/mol. The quantitative estimate of drug-likeness (QED) is 0.611. The van der Waals surface area contributed by atoms with Crippen LogP contribution in [0.2, 0.25) is 0 Å². The van der Waals surface area contributed by atoms with Gasteiger partial charge in [0.1, 0.15) is 0 Å². The summed E-state index contributed by atoms with van der Waals surface area (Å²) in [6, 6.07) is 11.1. The molecule has 1 amide bonds. The maximum Gasteiger partial charge on any atom is 0.340 e. The molecule has 168 valence electrons. The second-order valence-corrected chi connectivity index (χ2v) is 10.8. The van der Waals surface area contributed by atoms with Crippen molar-refractivity contribution in [3.05, 3.63) is 53.3 Å². The molecule has 1 aliphatic rings. The molecule has 1 atom stereocenters. The second-order valence-electron chi connectivity index (χ2n) is 8.53. The van der Waals surface area contributed by atoms with Gasteiger partial charge in [0.15, 0.2) is 16.4 Å². The van der Waals surface area contributed by atoms with Gasteiger partial charge in [-0.25, -0.2) is 13.2 Å². The minimum absolute atomic E-state index is 0.0301. The zero-order chi connectivity index (χ0) is 22.8. The Morgan fingerprint density at radius 3 is 2.45 bits per heavy atom. The van der Waals surface area contributed by atoms with Gasteiger partial charge in [0.25, 0.3) is 5.91 Å². The van der Waals surface area contributed by atoms with Gasteiger partial charge in [0.05, 0.1) is 17.1 Å². The number of esters is 1. The summed E-state index contributed by atoms with van der Waals surface area (Å²) in [5.41, 5.74) is 2.98. The van der Waals surface area contributed by atoms with E-state index in [-0.39, 0.29) is 29.4 Å². The molecule has 0 saturated carbocycles. The van der Waals surface area contributed by atoms with Crippen molar-refractivity contribution in [2.45, 2.75) is 40.2 Å². The molecule has 7 nitrogen and oxygen atoms in total. The smallest absolute Gasteiger partial charge is 0.340 e. The fraction of sp³-hybridized carbons (Fsp3) is 0.478. The Hall–Kier alpha value is -2.61. The molecule has 1 aromatic heterocycles. The van der Waals surface area contributed by atoms with Crippen molar-refractivity contribution >= 4 is 21.7 Å². The summed E-state index contributed by atoms with van der Waals surface area (Å²) >= 11 is 0. The van der Waals surface area contributed by atoms with Crippen molar-refractivity contribution in [1.29, 1.82) is 0 Å². The van der Waals surface area contributed by atoms with Crippen LogP contribution in [0.4, 0.5) is 0 Å². The van der Waals surface area contributed by atoms with Crippen LogP contribution >= 0.6 is 0 Å². The minimum atomic E-state index is -3.12. The molecule has 1 saturated heterocycles. The molecule has 2 aromatic rings. The molecule has 2 heterocycles. The van der Waals surface area contributed by atoms with Gasteiger partial charge < -0.3 is 14.2 Å². The first-order valence-electron chi connectivity index (χ1n) is 10.5. The molecule has 1 aliphatic heterocycles. The lowest BCUT2D eigenvalue weighted by molar-refractivity contribution is -0.137. The number of nitrogens with zero attached hydrogens (tertiary/aromatic N) is 2.